The maximum Gasteiger partial charge on any atom is 0.211 e. The predicted octanol–water partition coefficient (Wildman–Crippen LogP) is 2.83. The molecule has 3 atom stereocenters. The van der Waals surface area contributed by atoms with Crippen LogP contribution in [0.5, 0.6) is 0 Å². The summed E-state index contributed by atoms with van der Waals surface area (Å²) in [4.78, 5) is 4.76. The molecule has 2 aliphatic rings. The fourth-order valence-corrected chi connectivity index (χ4v) is 5.47. The summed E-state index contributed by atoms with van der Waals surface area (Å²) in [5.74, 6) is 1.55. The number of sulfonamides is 1. The molecule has 170 valence electrons. The molecule has 0 aromatic carbocycles. The Morgan fingerprint density at radius 1 is 1.39 bits per heavy atom. The standard InChI is InChI=1S/C22H34N6O2S/c1-5-24-22-17(3)20(12-16(2)7-10-25-22)19-13-26-28(15-19)21(6-9-23)18-8-11-27(14-18)31(4,29)30/h13,15-16,18,21H,5-8,10-12,14H2,1-4H3,(H,24,25). The number of rotatable bonds is 6. The second kappa shape index (κ2) is 9.96. The molecule has 0 spiro atoms. The van der Waals surface area contributed by atoms with Gasteiger partial charge in [-0.1, -0.05) is 6.92 Å². The van der Waals surface area contributed by atoms with Gasteiger partial charge in [0.05, 0.1) is 31.0 Å². The van der Waals surface area contributed by atoms with Crippen LogP contribution in [0.1, 0.15) is 58.1 Å². The first-order valence-electron chi connectivity index (χ1n) is 11.1. The summed E-state index contributed by atoms with van der Waals surface area (Å²) in [5.41, 5.74) is 3.43. The topological polar surface area (TPSA) is 103 Å². The van der Waals surface area contributed by atoms with Crippen LogP contribution in [-0.4, -0.2) is 60.8 Å². The Morgan fingerprint density at radius 3 is 2.81 bits per heavy atom. The second-order valence-corrected chi connectivity index (χ2v) is 10.8. The second-order valence-electron chi connectivity index (χ2n) is 8.77. The molecule has 0 aliphatic carbocycles. The van der Waals surface area contributed by atoms with E-state index in [0.717, 1.165) is 49.3 Å². The van der Waals surface area contributed by atoms with Gasteiger partial charge in [-0.25, -0.2) is 12.7 Å². The summed E-state index contributed by atoms with van der Waals surface area (Å²) in [6.45, 7) is 9.03. The highest BCUT2D eigenvalue weighted by atomic mass is 32.2. The third-order valence-corrected chi connectivity index (χ3v) is 7.66. The summed E-state index contributed by atoms with van der Waals surface area (Å²) in [5, 5.41) is 17.4. The quantitative estimate of drug-likeness (QED) is 0.724. The molecule has 3 heterocycles. The molecule has 1 saturated heterocycles. The lowest BCUT2D eigenvalue weighted by Gasteiger charge is -2.22. The Morgan fingerprint density at radius 2 is 2.16 bits per heavy atom. The summed E-state index contributed by atoms with van der Waals surface area (Å²) in [7, 11) is -3.22. The van der Waals surface area contributed by atoms with Gasteiger partial charge in [0.25, 0.3) is 0 Å². The lowest BCUT2D eigenvalue weighted by atomic mass is 9.90. The maximum atomic E-state index is 11.9. The van der Waals surface area contributed by atoms with Crippen LogP contribution < -0.4 is 5.32 Å². The largest absolute Gasteiger partial charge is 0.370 e. The first-order valence-corrected chi connectivity index (χ1v) is 12.9. The van der Waals surface area contributed by atoms with E-state index >= 15 is 0 Å². The molecule has 0 radical (unpaired) electrons. The number of likely N-dealkylation sites (N-methyl/N-ethyl adjacent to an activating group) is 1. The number of hydrogen-bond donors (Lipinski definition) is 1. The van der Waals surface area contributed by atoms with Crippen molar-refractivity contribution in [3.05, 3.63) is 23.5 Å². The third-order valence-electron chi connectivity index (χ3n) is 6.39. The van der Waals surface area contributed by atoms with Gasteiger partial charge in [-0.2, -0.15) is 10.4 Å². The molecule has 1 fully saturated rings. The van der Waals surface area contributed by atoms with E-state index in [4.69, 9.17) is 4.99 Å². The van der Waals surface area contributed by atoms with E-state index in [1.165, 1.54) is 16.1 Å². The van der Waals surface area contributed by atoms with Gasteiger partial charge < -0.3 is 5.32 Å². The fraction of sp³-hybridized carbons (Fsp3) is 0.682. The molecule has 3 unspecified atom stereocenters. The Kier molecular flexibility index (Phi) is 7.55. The first kappa shape index (κ1) is 23.5. The van der Waals surface area contributed by atoms with Gasteiger partial charge in [0.1, 0.15) is 5.84 Å². The highest BCUT2D eigenvalue weighted by Gasteiger charge is 2.35. The van der Waals surface area contributed by atoms with E-state index in [1.54, 1.807) is 0 Å². The number of amidine groups is 1. The molecular weight excluding hydrogens is 412 g/mol. The SMILES string of the molecule is CCNC1=NCCC(C)CC(c2cnn(C(CC#N)C3CCN(S(C)(=O)=O)C3)c2)=C1C. The van der Waals surface area contributed by atoms with Crippen molar-refractivity contribution >= 4 is 21.4 Å². The molecule has 0 saturated carbocycles. The van der Waals surface area contributed by atoms with Gasteiger partial charge in [-0.15, -0.1) is 0 Å². The average molecular weight is 447 g/mol. The first-order chi connectivity index (χ1) is 14.7. The molecule has 1 aromatic rings. The number of hydrogen-bond acceptors (Lipinski definition) is 6. The summed E-state index contributed by atoms with van der Waals surface area (Å²) >= 11 is 0. The minimum absolute atomic E-state index is 0.0762. The van der Waals surface area contributed by atoms with E-state index in [9.17, 15) is 13.7 Å². The molecule has 1 aromatic heterocycles. The van der Waals surface area contributed by atoms with Crippen LogP contribution in [0.2, 0.25) is 0 Å². The number of aromatic nitrogens is 2. The van der Waals surface area contributed by atoms with Crippen molar-refractivity contribution in [2.24, 2.45) is 16.8 Å². The Bertz CT molecular complexity index is 988. The molecule has 9 heteroatoms. The van der Waals surface area contributed by atoms with Gasteiger partial charge in [0, 0.05) is 37.9 Å². The monoisotopic (exact) mass is 446 g/mol. The minimum atomic E-state index is -3.22. The van der Waals surface area contributed by atoms with Crippen molar-refractivity contribution in [3.63, 3.8) is 0 Å². The number of nitriles is 1. The van der Waals surface area contributed by atoms with Gasteiger partial charge in [0.15, 0.2) is 0 Å². The lowest BCUT2D eigenvalue weighted by molar-refractivity contribution is 0.317. The van der Waals surface area contributed by atoms with E-state index < -0.39 is 10.0 Å². The smallest absolute Gasteiger partial charge is 0.211 e. The van der Waals surface area contributed by atoms with Crippen molar-refractivity contribution in [1.29, 1.82) is 5.26 Å². The molecule has 8 nitrogen and oxygen atoms in total. The summed E-state index contributed by atoms with van der Waals surface area (Å²) < 4.78 is 27.3. The molecule has 1 N–H and O–H groups in total. The van der Waals surface area contributed by atoms with Crippen molar-refractivity contribution in [2.45, 2.75) is 52.5 Å². The lowest BCUT2D eigenvalue weighted by Crippen LogP contribution is -2.29. The molecule has 2 aliphatic heterocycles. The van der Waals surface area contributed by atoms with Crippen molar-refractivity contribution in [3.8, 4) is 6.07 Å². The van der Waals surface area contributed by atoms with Crippen LogP contribution in [0, 0.1) is 23.2 Å². The minimum Gasteiger partial charge on any atom is -0.370 e. The normalized spacial score (nSPS) is 24.3. The molecule has 0 amide bonds. The van der Waals surface area contributed by atoms with E-state index in [0.29, 0.717) is 25.4 Å². The molecule has 31 heavy (non-hydrogen) atoms. The average Bonchev–Trinajstić information content (AvgIpc) is 3.38. The van der Waals surface area contributed by atoms with Crippen LogP contribution in [0.4, 0.5) is 0 Å². The van der Waals surface area contributed by atoms with Crippen LogP contribution in [0.15, 0.2) is 23.0 Å². The molecular formula is C22H34N6O2S. The number of aliphatic imine (C=N–C) groups is 1. The zero-order chi connectivity index (χ0) is 22.6. The van der Waals surface area contributed by atoms with E-state index in [1.807, 2.05) is 17.1 Å². The highest BCUT2D eigenvalue weighted by Crippen LogP contribution is 2.34. The van der Waals surface area contributed by atoms with E-state index in [2.05, 4.69) is 37.3 Å². The number of nitrogens with zero attached hydrogens (tertiary/aromatic N) is 5. The number of nitrogens with one attached hydrogen (secondary N) is 1. The van der Waals surface area contributed by atoms with Crippen molar-refractivity contribution < 1.29 is 8.42 Å². The van der Waals surface area contributed by atoms with Crippen LogP contribution in [0.3, 0.4) is 0 Å². The van der Waals surface area contributed by atoms with Crippen LogP contribution in [-0.2, 0) is 10.0 Å². The van der Waals surface area contributed by atoms with Crippen molar-refractivity contribution in [1.82, 2.24) is 19.4 Å². The van der Waals surface area contributed by atoms with Gasteiger partial charge in [-0.3, -0.25) is 9.67 Å². The Labute approximate surface area is 186 Å². The summed E-state index contributed by atoms with van der Waals surface area (Å²) in [6, 6.07) is 2.13. The predicted molar refractivity (Wildman–Crippen MR) is 123 cm³/mol. The van der Waals surface area contributed by atoms with Crippen molar-refractivity contribution in [2.75, 3.05) is 32.4 Å². The molecule has 0 bridgehead atoms. The van der Waals surface area contributed by atoms with Gasteiger partial charge in [-0.05, 0) is 56.1 Å². The highest BCUT2D eigenvalue weighted by molar-refractivity contribution is 7.88. The molecule has 3 rings (SSSR count). The maximum absolute atomic E-state index is 11.9. The van der Waals surface area contributed by atoms with Gasteiger partial charge >= 0.3 is 0 Å². The fourth-order valence-electron chi connectivity index (χ4n) is 4.57. The van der Waals surface area contributed by atoms with Crippen LogP contribution in [0.25, 0.3) is 5.57 Å². The third kappa shape index (κ3) is 5.55. The van der Waals surface area contributed by atoms with Gasteiger partial charge in [0.2, 0.25) is 10.0 Å². The Balaban J connectivity index is 1.91. The zero-order valence-corrected chi connectivity index (χ0v) is 19.8. The van der Waals surface area contributed by atoms with E-state index in [-0.39, 0.29) is 12.0 Å². The van der Waals surface area contributed by atoms with Crippen LogP contribution >= 0.6 is 0 Å². The Hall–Kier alpha value is -2.18. The summed E-state index contributed by atoms with van der Waals surface area (Å²) in [6.07, 6.45) is 8.20. The number of allylic oxidation sites excluding steroid dienone is 1. The zero-order valence-electron chi connectivity index (χ0n) is 19.0.